The highest BCUT2D eigenvalue weighted by atomic mass is 127. The molecule has 0 amide bonds. The SMILES string of the molecule is I.NC(=NCC1(Sc2ccccc2)CC1)Nc1ccc2c(c1)OCCCO2. The number of halogens is 1. The van der Waals surface area contributed by atoms with Gasteiger partial charge in [-0.15, -0.1) is 35.7 Å². The van der Waals surface area contributed by atoms with E-state index in [9.17, 15) is 0 Å². The van der Waals surface area contributed by atoms with E-state index in [1.807, 2.05) is 36.0 Å². The van der Waals surface area contributed by atoms with Crippen LogP contribution in [0.15, 0.2) is 58.4 Å². The van der Waals surface area contributed by atoms with Crippen LogP contribution < -0.4 is 20.5 Å². The number of aliphatic imine (C=N–C) groups is 1. The Bertz CT molecular complexity index is 797. The fraction of sp³-hybridized carbons (Fsp3) is 0.350. The van der Waals surface area contributed by atoms with Crippen molar-refractivity contribution in [3.8, 4) is 11.5 Å². The lowest BCUT2D eigenvalue weighted by Gasteiger charge is -2.14. The molecule has 2 aromatic carbocycles. The number of rotatable bonds is 5. The van der Waals surface area contributed by atoms with Gasteiger partial charge < -0.3 is 20.5 Å². The lowest BCUT2D eigenvalue weighted by atomic mass is 10.3. The van der Waals surface area contributed by atoms with E-state index in [1.54, 1.807) is 0 Å². The molecular formula is C20H24IN3O2S. The summed E-state index contributed by atoms with van der Waals surface area (Å²) in [6.45, 7) is 2.07. The van der Waals surface area contributed by atoms with Gasteiger partial charge in [-0.2, -0.15) is 0 Å². The summed E-state index contributed by atoms with van der Waals surface area (Å²) in [6, 6.07) is 16.2. The van der Waals surface area contributed by atoms with Crippen molar-refractivity contribution < 1.29 is 9.47 Å². The van der Waals surface area contributed by atoms with Gasteiger partial charge >= 0.3 is 0 Å². The lowest BCUT2D eigenvalue weighted by molar-refractivity contribution is 0.297. The van der Waals surface area contributed by atoms with Gasteiger partial charge in [-0.3, -0.25) is 4.99 Å². The van der Waals surface area contributed by atoms with Crippen molar-refractivity contribution in [2.24, 2.45) is 10.7 Å². The number of hydrogen-bond donors (Lipinski definition) is 2. The van der Waals surface area contributed by atoms with Crippen LogP contribution in [-0.4, -0.2) is 30.5 Å². The Hall–Kier alpha value is -1.61. The number of nitrogens with two attached hydrogens (primary N) is 1. The minimum atomic E-state index is 0. The molecule has 1 saturated carbocycles. The Morgan fingerprint density at radius 2 is 1.81 bits per heavy atom. The van der Waals surface area contributed by atoms with Crippen LogP contribution in [0.3, 0.4) is 0 Å². The number of ether oxygens (including phenoxy) is 2. The normalized spacial score (nSPS) is 17.4. The molecule has 144 valence electrons. The quantitative estimate of drug-likeness (QED) is 0.361. The third kappa shape index (κ3) is 5.44. The highest BCUT2D eigenvalue weighted by Gasteiger charge is 2.43. The highest BCUT2D eigenvalue weighted by Crippen LogP contribution is 2.51. The predicted octanol–water partition coefficient (Wildman–Crippen LogP) is 4.52. The Morgan fingerprint density at radius 1 is 1.07 bits per heavy atom. The Kier molecular flexibility index (Phi) is 6.75. The smallest absolute Gasteiger partial charge is 0.193 e. The molecule has 4 rings (SSSR count). The van der Waals surface area contributed by atoms with Crippen LogP contribution in [0.2, 0.25) is 0 Å². The van der Waals surface area contributed by atoms with Crippen LogP contribution in [0.4, 0.5) is 5.69 Å². The minimum absolute atomic E-state index is 0. The molecule has 0 spiro atoms. The van der Waals surface area contributed by atoms with Crippen molar-refractivity contribution in [1.82, 2.24) is 0 Å². The summed E-state index contributed by atoms with van der Waals surface area (Å²) in [7, 11) is 0. The van der Waals surface area contributed by atoms with Gasteiger partial charge in [-0.25, -0.2) is 0 Å². The summed E-state index contributed by atoms with van der Waals surface area (Å²) < 4.78 is 11.6. The zero-order valence-corrected chi connectivity index (χ0v) is 18.2. The molecule has 1 aliphatic carbocycles. The molecule has 2 aliphatic rings. The highest BCUT2D eigenvalue weighted by molar-refractivity contribution is 14.0. The maximum Gasteiger partial charge on any atom is 0.193 e. The van der Waals surface area contributed by atoms with Crippen LogP contribution in [0.25, 0.3) is 0 Å². The third-order valence-electron chi connectivity index (χ3n) is 4.44. The number of nitrogens with zero attached hydrogens (tertiary/aromatic N) is 1. The van der Waals surface area contributed by atoms with Crippen molar-refractivity contribution in [3.05, 3.63) is 48.5 Å². The Balaban J connectivity index is 0.00000210. The Morgan fingerprint density at radius 3 is 2.56 bits per heavy atom. The van der Waals surface area contributed by atoms with E-state index in [4.69, 9.17) is 15.2 Å². The maximum absolute atomic E-state index is 6.10. The second kappa shape index (κ2) is 9.05. The first-order valence-corrected chi connectivity index (χ1v) is 9.75. The van der Waals surface area contributed by atoms with Gasteiger partial charge in [-0.05, 0) is 37.1 Å². The first-order chi connectivity index (χ1) is 12.7. The molecular weight excluding hydrogens is 473 g/mol. The van der Waals surface area contributed by atoms with Crippen molar-refractivity contribution in [3.63, 3.8) is 0 Å². The molecule has 1 aliphatic heterocycles. The second-order valence-electron chi connectivity index (χ2n) is 6.64. The van der Waals surface area contributed by atoms with Crippen LogP contribution in [0, 0.1) is 0 Å². The average molecular weight is 497 g/mol. The minimum Gasteiger partial charge on any atom is -0.490 e. The standard InChI is InChI=1S/C20H23N3O2S.HI/c21-19(22-14-20(9-10-20)26-16-5-2-1-3-6-16)23-15-7-8-17-18(13-15)25-12-4-11-24-17;/h1-3,5-8,13H,4,9-12,14H2,(H3,21,22,23);1H. The summed E-state index contributed by atoms with van der Waals surface area (Å²) in [6.07, 6.45) is 3.24. The number of hydrogen-bond acceptors (Lipinski definition) is 4. The second-order valence-corrected chi connectivity index (χ2v) is 8.18. The molecule has 5 nitrogen and oxygen atoms in total. The number of nitrogens with one attached hydrogen (secondary N) is 1. The van der Waals surface area contributed by atoms with E-state index in [-0.39, 0.29) is 28.7 Å². The number of guanidine groups is 1. The van der Waals surface area contributed by atoms with E-state index in [1.165, 1.54) is 17.7 Å². The van der Waals surface area contributed by atoms with Crippen molar-refractivity contribution in [2.75, 3.05) is 25.1 Å². The maximum atomic E-state index is 6.10. The number of anilines is 1. The van der Waals surface area contributed by atoms with E-state index in [2.05, 4.69) is 34.6 Å². The van der Waals surface area contributed by atoms with Gasteiger partial charge in [0.1, 0.15) is 0 Å². The molecule has 0 unspecified atom stereocenters. The fourth-order valence-electron chi connectivity index (χ4n) is 2.83. The van der Waals surface area contributed by atoms with Crippen LogP contribution in [0.5, 0.6) is 11.5 Å². The van der Waals surface area contributed by atoms with Crippen molar-refractivity contribution in [1.29, 1.82) is 0 Å². The molecule has 27 heavy (non-hydrogen) atoms. The van der Waals surface area contributed by atoms with E-state index in [0.717, 1.165) is 30.2 Å². The summed E-state index contributed by atoms with van der Waals surface area (Å²) in [4.78, 5) is 5.86. The zero-order valence-electron chi connectivity index (χ0n) is 15.0. The number of fused-ring (bicyclic) bond motifs is 1. The van der Waals surface area contributed by atoms with Crippen LogP contribution >= 0.6 is 35.7 Å². The molecule has 7 heteroatoms. The van der Waals surface area contributed by atoms with Crippen LogP contribution in [0.1, 0.15) is 19.3 Å². The largest absolute Gasteiger partial charge is 0.490 e. The molecule has 0 radical (unpaired) electrons. The van der Waals surface area contributed by atoms with E-state index >= 15 is 0 Å². The predicted molar refractivity (Wildman–Crippen MR) is 122 cm³/mol. The zero-order chi connectivity index (χ0) is 17.8. The molecule has 0 aromatic heterocycles. The third-order valence-corrected chi connectivity index (χ3v) is 5.92. The first-order valence-electron chi connectivity index (χ1n) is 8.93. The molecule has 0 bridgehead atoms. The summed E-state index contributed by atoms with van der Waals surface area (Å²) in [5, 5.41) is 3.16. The van der Waals surface area contributed by atoms with E-state index in [0.29, 0.717) is 19.2 Å². The fourth-order valence-corrected chi connectivity index (χ4v) is 4.06. The molecule has 1 fully saturated rings. The van der Waals surface area contributed by atoms with Crippen molar-refractivity contribution >= 4 is 47.4 Å². The number of thioether (sulfide) groups is 1. The first kappa shape index (κ1) is 20.1. The lowest BCUT2D eigenvalue weighted by Crippen LogP contribution is -2.24. The van der Waals surface area contributed by atoms with Gasteiger partial charge in [0, 0.05) is 27.8 Å². The van der Waals surface area contributed by atoms with Gasteiger partial charge in [-0.1, -0.05) is 18.2 Å². The number of benzene rings is 2. The molecule has 0 saturated heterocycles. The van der Waals surface area contributed by atoms with Gasteiger partial charge in [0.2, 0.25) is 0 Å². The summed E-state index contributed by atoms with van der Waals surface area (Å²) in [5.74, 6) is 1.96. The molecule has 3 N–H and O–H groups in total. The molecule has 1 heterocycles. The average Bonchev–Trinajstić information content (AvgIpc) is 3.44. The topological polar surface area (TPSA) is 68.9 Å². The van der Waals surface area contributed by atoms with Gasteiger partial charge in [0.25, 0.3) is 0 Å². The van der Waals surface area contributed by atoms with Crippen LogP contribution in [-0.2, 0) is 0 Å². The summed E-state index contributed by atoms with van der Waals surface area (Å²) >= 11 is 1.90. The van der Waals surface area contributed by atoms with Crippen molar-refractivity contribution in [2.45, 2.75) is 28.9 Å². The van der Waals surface area contributed by atoms with Gasteiger partial charge in [0.15, 0.2) is 17.5 Å². The van der Waals surface area contributed by atoms with E-state index < -0.39 is 0 Å². The monoisotopic (exact) mass is 497 g/mol. The van der Waals surface area contributed by atoms with Gasteiger partial charge in [0.05, 0.1) is 19.8 Å². The Labute approximate surface area is 181 Å². The molecule has 0 atom stereocenters. The molecule has 2 aromatic rings. The summed E-state index contributed by atoms with van der Waals surface area (Å²) in [5.41, 5.74) is 6.96.